The molecule has 1 aromatic carbocycles. The van der Waals surface area contributed by atoms with E-state index >= 15 is 0 Å². The Morgan fingerprint density at radius 1 is 1.17 bits per heavy atom. The second kappa shape index (κ2) is 9.45. The fourth-order valence-electron chi connectivity index (χ4n) is 1.80. The molecule has 2 amide bonds. The van der Waals surface area contributed by atoms with E-state index in [9.17, 15) is 19.5 Å². The summed E-state index contributed by atoms with van der Waals surface area (Å²) in [6, 6.07) is 8.14. The van der Waals surface area contributed by atoms with E-state index in [-0.39, 0.29) is 25.5 Å². The van der Waals surface area contributed by atoms with Gasteiger partial charge in [0.2, 0.25) is 5.91 Å². The van der Waals surface area contributed by atoms with Crippen LogP contribution in [0.3, 0.4) is 0 Å². The maximum atomic E-state index is 11.6. The molecule has 0 aliphatic rings. The zero-order valence-corrected chi connectivity index (χ0v) is 13.2. The largest absolute Gasteiger partial charge is 0.548 e. The number of carbonyl (C=O) groups excluding carboxylic acids is 3. The monoisotopic (exact) mass is 321 g/mol. The molecular formula is C16H21N2O5-. The third-order valence-corrected chi connectivity index (χ3v) is 3.07. The number of alkyl carbamates (subject to hydrolysis) is 1. The van der Waals surface area contributed by atoms with E-state index in [0.29, 0.717) is 0 Å². The van der Waals surface area contributed by atoms with Crippen molar-refractivity contribution in [3.05, 3.63) is 35.9 Å². The Bertz CT molecular complexity index is 531. The van der Waals surface area contributed by atoms with Crippen molar-refractivity contribution in [3.63, 3.8) is 0 Å². The van der Waals surface area contributed by atoms with Crippen molar-refractivity contribution in [1.29, 1.82) is 0 Å². The van der Waals surface area contributed by atoms with Crippen LogP contribution in [0, 0.1) is 5.92 Å². The quantitative estimate of drug-likeness (QED) is 0.711. The molecule has 1 aromatic rings. The molecule has 0 bridgehead atoms. The number of carbonyl (C=O) groups is 3. The molecule has 23 heavy (non-hydrogen) atoms. The van der Waals surface area contributed by atoms with Gasteiger partial charge in [-0.2, -0.15) is 0 Å². The number of carboxylic acids is 1. The molecule has 1 rings (SSSR count). The van der Waals surface area contributed by atoms with Gasteiger partial charge in [-0.1, -0.05) is 44.2 Å². The van der Waals surface area contributed by atoms with E-state index in [4.69, 9.17) is 4.74 Å². The number of aliphatic carboxylic acids is 1. The first-order valence-corrected chi connectivity index (χ1v) is 7.35. The maximum absolute atomic E-state index is 11.6. The van der Waals surface area contributed by atoms with Gasteiger partial charge in [-0.25, -0.2) is 4.79 Å². The summed E-state index contributed by atoms with van der Waals surface area (Å²) in [5.74, 6) is -2.09. The highest BCUT2D eigenvalue weighted by molar-refractivity contribution is 5.83. The summed E-state index contributed by atoms with van der Waals surface area (Å²) in [4.78, 5) is 34.0. The Labute approximate surface area is 135 Å². The predicted molar refractivity (Wildman–Crippen MR) is 81.0 cm³/mol. The van der Waals surface area contributed by atoms with Gasteiger partial charge in [-0.15, -0.1) is 0 Å². The van der Waals surface area contributed by atoms with Crippen molar-refractivity contribution in [2.45, 2.75) is 32.9 Å². The van der Waals surface area contributed by atoms with E-state index in [1.165, 1.54) is 0 Å². The fourth-order valence-corrected chi connectivity index (χ4v) is 1.80. The molecule has 0 aliphatic heterocycles. The van der Waals surface area contributed by atoms with Crippen LogP contribution in [0.4, 0.5) is 4.79 Å². The van der Waals surface area contributed by atoms with Crippen LogP contribution in [0.5, 0.6) is 0 Å². The van der Waals surface area contributed by atoms with Crippen LogP contribution < -0.4 is 15.7 Å². The maximum Gasteiger partial charge on any atom is 0.407 e. The molecule has 2 N–H and O–H groups in total. The molecule has 126 valence electrons. The van der Waals surface area contributed by atoms with Crippen molar-refractivity contribution in [3.8, 4) is 0 Å². The van der Waals surface area contributed by atoms with Crippen molar-refractivity contribution in [1.82, 2.24) is 10.6 Å². The van der Waals surface area contributed by atoms with E-state index in [2.05, 4.69) is 10.6 Å². The average molecular weight is 321 g/mol. The number of hydrogen-bond donors (Lipinski definition) is 2. The molecular weight excluding hydrogens is 300 g/mol. The van der Waals surface area contributed by atoms with E-state index in [1.54, 1.807) is 13.8 Å². The summed E-state index contributed by atoms with van der Waals surface area (Å²) < 4.78 is 4.98. The van der Waals surface area contributed by atoms with Gasteiger partial charge in [-0.05, 0) is 11.5 Å². The van der Waals surface area contributed by atoms with Crippen LogP contribution in [0.25, 0.3) is 0 Å². The summed E-state index contributed by atoms with van der Waals surface area (Å²) in [6.45, 7) is 3.52. The zero-order chi connectivity index (χ0) is 17.2. The molecule has 0 fully saturated rings. The number of nitrogens with one attached hydrogen (secondary N) is 2. The molecule has 0 heterocycles. The van der Waals surface area contributed by atoms with E-state index in [0.717, 1.165) is 5.56 Å². The van der Waals surface area contributed by atoms with Crippen molar-refractivity contribution >= 4 is 18.0 Å². The summed E-state index contributed by atoms with van der Waals surface area (Å²) >= 11 is 0. The fraction of sp³-hybridized carbons (Fsp3) is 0.438. The molecule has 0 unspecified atom stereocenters. The number of benzene rings is 1. The van der Waals surface area contributed by atoms with Crippen molar-refractivity contribution in [2.75, 3.05) is 6.54 Å². The molecule has 0 saturated heterocycles. The molecule has 0 spiro atoms. The van der Waals surface area contributed by atoms with Crippen LogP contribution in [0.15, 0.2) is 30.3 Å². The third kappa shape index (κ3) is 7.30. The lowest BCUT2D eigenvalue weighted by Crippen LogP contribution is -2.51. The Hall–Kier alpha value is -2.57. The first kappa shape index (κ1) is 18.5. The van der Waals surface area contributed by atoms with Crippen LogP contribution in [-0.4, -0.2) is 30.6 Å². The Balaban J connectivity index is 2.23. The minimum absolute atomic E-state index is 0.0447. The SMILES string of the molecule is CC(C)[C@H](NC(=O)CCNC(=O)OCc1ccccc1)C(=O)[O-]. The van der Waals surface area contributed by atoms with Crippen LogP contribution >= 0.6 is 0 Å². The highest BCUT2D eigenvalue weighted by Crippen LogP contribution is 2.01. The highest BCUT2D eigenvalue weighted by atomic mass is 16.5. The van der Waals surface area contributed by atoms with Crippen LogP contribution in [0.2, 0.25) is 0 Å². The third-order valence-electron chi connectivity index (χ3n) is 3.07. The van der Waals surface area contributed by atoms with Gasteiger partial charge in [0.15, 0.2) is 0 Å². The lowest BCUT2D eigenvalue weighted by molar-refractivity contribution is -0.309. The topological polar surface area (TPSA) is 108 Å². The average Bonchev–Trinajstić information content (AvgIpc) is 2.51. The molecule has 0 aliphatic carbocycles. The molecule has 7 heteroatoms. The Morgan fingerprint density at radius 3 is 2.39 bits per heavy atom. The molecule has 0 saturated carbocycles. The van der Waals surface area contributed by atoms with Gasteiger partial charge in [-0.3, -0.25) is 4.79 Å². The predicted octanol–water partition coefficient (Wildman–Crippen LogP) is 0.194. The second-order valence-electron chi connectivity index (χ2n) is 5.35. The number of hydrogen-bond acceptors (Lipinski definition) is 5. The minimum atomic E-state index is -1.33. The standard InChI is InChI=1S/C16H22N2O5/c1-11(2)14(15(20)21)18-13(19)8-9-17-16(22)23-10-12-6-4-3-5-7-12/h3-7,11,14H,8-10H2,1-2H3,(H,17,22)(H,18,19)(H,20,21)/p-1/t14-/m0/s1. The normalized spacial score (nSPS) is 11.6. The van der Waals surface area contributed by atoms with Crippen molar-refractivity contribution in [2.24, 2.45) is 5.92 Å². The number of ether oxygens (including phenoxy) is 1. The molecule has 0 radical (unpaired) electrons. The summed E-state index contributed by atoms with van der Waals surface area (Å²) in [5, 5.41) is 15.6. The van der Waals surface area contributed by atoms with Gasteiger partial charge in [0.05, 0.1) is 12.0 Å². The Kier molecular flexibility index (Phi) is 7.59. The van der Waals surface area contributed by atoms with Gasteiger partial charge in [0.1, 0.15) is 6.61 Å². The van der Waals surface area contributed by atoms with Crippen LogP contribution in [0.1, 0.15) is 25.8 Å². The summed E-state index contributed by atoms with van der Waals surface area (Å²) in [5.41, 5.74) is 0.856. The van der Waals surface area contributed by atoms with Gasteiger partial charge >= 0.3 is 6.09 Å². The number of rotatable bonds is 8. The highest BCUT2D eigenvalue weighted by Gasteiger charge is 2.17. The second-order valence-corrected chi connectivity index (χ2v) is 5.35. The molecule has 1 atom stereocenters. The summed E-state index contributed by atoms with van der Waals surface area (Å²) in [6.07, 6.45) is -0.682. The molecule has 0 aromatic heterocycles. The van der Waals surface area contributed by atoms with Crippen molar-refractivity contribution < 1.29 is 24.2 Å². The molecule has 7 nitrogen and oxygen atoms in total. The van der Waals surface area contributed by atoms with Crippen LogP contribution in [-0.2, 0) is 20.9 Å². The Morgan fingerprint density at radius 2 is 1.83 bits per heavy atom. The smallest absolute Gasteiger partial charge is 0.407 e. The lowest BCUT2D eigenvalue weighted by atomic mass is 10.0. The van der Waals surface area contributed by atoms with E-state index < -0.39 is 24.0 Å². The first-order valence-electron chi connectivity index (χ1n) is 7.35. The minimum Gasteiger partial charge on any atom is -0.548 e. The number of amides is 2. The van der Waals surface area contributed by atoms with E-state index in [1.807, 2.05) is 30.3 Å². The number of carboxylic acid groups (broad SMARTS) is 1. The zero-order valence-electron chi connectivity index (χ0n) is 13.2. The summed E-state index contributed by atoms with van der Waals surface area (Å²) in [7, 11) is 0. The van der Waals surface area contributed by atoms with Gasteiger partial charge in [0, 0.05) is 13.0 Å². The van der Waals surface area contributed by atoms with Gasteiger partial charge < -0.3 is 25.3 Å². The van der Waals surface area contributed by atoms with Gasteiger partial charge in [0.25, 0.3) is 0 Å². The first-order chi connectivity index (χ1) is 10.9. The lowest BCUT2D eigenvalue weighted by Gasteiger charge is -2.23.